The number of esters is 2. The van der Waals surface area contributed by atoms with Gasteiger partial charge in [0.05, 0.1) is 19.4 Å². The molecule has 1 aromatic rings. The molecule has 0 aliphatic rings. The first-order chi connectivity index (χ1) is 24.2. The lowest BCUT2D eigenvalue weighted by atomic mass is 9.82. The molecule has 11 nitrogen and oxygen atoms in total. The number of unbranched alkanes of at least 4 members (excludes halogenated alkanes) is 8. The second kappa shape index (κ2) is 24.1. The fourth-order valence-corrected chi connectivity index (χ4v) is 5.37. The summed E-state index contributed by atoms with van der Waals surface area (Å²) in [7, 11) is 1.18. The summed E-state index contributed by atoms with van der Waals surface area (Å²) in [6, 6.07) is 5.66. The van der Waals surface area contributed by atoms with E-state index in [4.69, 9.17) is 19.9 Å². The van der Waals surface area contributed by atoms with E-state index in [9.17, 15) is 29.1 Å². The van der Waals surface area contributed by atoms with E-state index in [0.717, 1.165) is 38.5 Å². The number of allylic oxidation sites excluding steroid dienone is 1. The third-order valence-corrected chi connectivity index (χ3v) is 8.11. The van der Waals surface area contributed by atoms with Crippen LogP contribution in [0.25, 0.3) is 0 Å². The van der Waals surface area contributed by atoms with E-state index in [1.165, 1.54) is 32.4 Å². The maximum atomic E-state index is 13.9. The average Bonchev–Trinajstić information content (AvgIpc) is 3.06. The minimum Gasteiger partial charge on any atom is -0.481 e. The van der Waals surface area contributed by atoms with Crippen LogP contribution in [-0.2, 0) is 39.9 Å². The third kappa shape index (κ3) is 18.6. The van der Waals surface area contributed by atoms with Gasteiger partial charge in [-0.15, -0.1) is 5.92 Å². The van der Waals surface area contributed by atoms with E-state index < -0.39 is 53.3 Å². The Hall–Kier alpha value is -4.17. The molecule has 51 heavy (non-hydrogen) atoms. The molecule has 2 amide bonds. The van der Waals surface area contributed by atoms with Gasteiger partial charge in [0.1, 0.15) is 29.8 Å². The van der Waals surface area contributed by atoms with Crippen LogP contribution in [-0.4, -0.2) is 65.6 Å². The van der Waals surface area contributed by atoms with Gasteiger partial charge in [0.15, 0.2) is 5.60 Å². The zero-order chi connectivity index (χ0) is 38.3. The predicted octanol–water partition coefficient (Wildman–Crippen LogP) is 5.68. The van der Waals surface area contributed by atoms with E-state index >= 15 is 0 Å². The lowest BCUT2D eigenvalue weighted by Gasteiger charge is -2.34. The van der Waals surface area contributed by atoms with Crippen LogP contribution in [0.15, 0.2) is 36.4 Å². The average molecular weight is 713 g/mol. The molecule has 11 heteroatoms. The van der Waals surface area contributed by atoms with Crippen LogP contribution in [0.4, 0.5) is 0 Å². The van der Waals surface area contributed by atoms with Crippen molar-refractivity contribution < 1.29 is 43.3 Å². The molecule has 0 radical (unpaired) electrons. The Bertz CT molecular complexity index is 1340. The zero-order valence-electron chi connectivity index (χ0n) is 31.5. The normalized spacial score (nSPS) is 13.6. The van der Waals surface area contributed by atoms with Crippen LogP contribution < -0.4 is 15.8 Å². The number of amides is 2. The number of nitrogens with one attached hydrogen (secondary N) is 1. The largest absolute Gasteiger partial charge is 0.481 e. The number of ketones is 1. The van der Waals surface area contributed by atoms with Crippen molar-refractivity contribution in [2.75, 3.05) is 13.7 Å². The highest BCUT2D eigenvalue weighted by Crippen LogP contribution is 2.29. The summed E-state index contributed by atoms with van der Waals surface area (Å²) in [6.45, 7) is 8.85. The molecular formula is C40H60N2O9. The molecule has 0 saturated carbocycles. The minimum absolute atomic E-state index is 0.0198. The number of hydrogen-bond donors (Lipinski definition) is 3. The molecule has 0 spiro atoms. The highest BCUT2D eigenvalue weighted by atomic mass is 16.6. The van der Waals surface area contributed by atoms with Crippen molar-refractivity contribution in [3.05, 3.63) is 42.0 Å². The molecule has 0 aromatic heterocycles. The first kappa shape index (κ1) is 44.9. The van der Waals surface area contributed by atoms with Gasteiger partial charge in [-0.1, -0.05) is 75.7 Å². The van der Waals surface area contributed by atoms with Gasteiger partial charge in [-0.3, -0.25) is 14.4 Å². The topological polar surface area (TPSA) is 171 Å². The lowest BCUT2D eigenvalue weighted by Crippen LogP contribution is -2.57. The first-order valence-corrected chi connectivity index (χ1v) is 18.1. The van der Waals surface area contributed by atoms with Gasteiger partial charge in [0.25, 0.3) is 0 Å². The predicted molar refractivity (Wildman–Crippen MR) is 196 cm³/mol. The van der Waals surface area contributed by atoms with E-state index in [0.29, 0.717) is 36.4 Å². The number of benzene rings is 1. The van der Waals surface area contributed by atoms with Crippen molar-refractivity contribution in [1.82, 2.24) is 5.32 Å². The minimum atomic E-state index is -2.67. The highest BCUT2D eigenvalue weighted by Gasteiger charge is 2.50. The smallest absolute Gasteiger partial charge is 0.340 e. The van der Waals surface area contributed by atoms with Gasteiger partial charge < -0.3 is 30.4 Å². The number of hydrogen-bond acceptors (Lipinski definition) is 9. The Morgan fingerprint density at radius 3 is 2.10 bits per heavy atom. The van der Waals surface area contributed by atoms with Gasteiger partial charge in [0.2, 0.25) is 11.8 Å². The maximum absolute atomic E-state index is 13.9. The van der Waals surface area contributed by atoms with Crippen LogP contribution in [0, 0.1) is 17.8 Å². The van der Waals surface area contributed by atoms with Gasteiger partial charge in [-0.2, -0.15) is 0 Å². The molecule has 284 valence electrons. The summed E-state index contributed by atoms with van der Waals surface area (Å²) in [5.74, 6) is 0.892. The molecule has 3 atom stereocenters. The van der Waals surface area contributed by atoms with Crippen LogP contribution in [0.1, 0.15) is 124 Å². The fraction of sp³-hybridized carbons (Fsp3) is 0.625. The van der Waals surface area contributed by atoms with Gasteiger partial charge >= 0.3 is 11.9 Å². The number of rotatable bonds is 25. The molecule has 0 bridgehead atoms. The summed E-state index contributed by atoms with van der Waals surface area (Å²) in [6.07, 6.45) is 12.6. The Balaban J connectivity index is 3.10. The number of methoxy groups -OCH3 is 1. The van der Waals surface area contributed by atoms with Crippen molar-refractivity contribution in [2.24, 2.45) is 11.7 Å². The highest BCUT2D eigenvalue weighted by molar-refractivity contribution is 5.96. The number of ether oxygens (including phenoxy) is 3. The van der Waals surface area contributed by atoms with Crippen LogP contribution in [0.5, 0.6) is 5.75 Å². The Kier molecular flexibility index (Phi) is 21.2. The van der Waals surface area contributed by atoms with E-state index in [1.54, 1.807) is 58.0 Å². The Morgan fingerprint density at radius 1 is 0.941 bits per heavy atom. The quantitative estimate of drug-likeness (QED) is 0.0499. The number of aliphatic hydroxyl groups is 1. The second-order valence-corrected chi connectivity index (χ2v) is 13.8. The van der Waals surface area contributed by atoms with Crippen molar-refractivity contribution in [3.8, 4) is 17.6 Å². The molecule has 0 saturated heterocycles. The van der Waals surface area contributed by atoms with Crippen molar-refractivity contribution in [3.63, 3.8) is 0 Å². The van der Waals surface area contributed by atoms with E-state index in [-0.39, 0.29) is 13.0 Å². The first-order valence-electron chi connectivity index (χ1n) is 18.1. The number of Topliss-reactive ketones (excluding diaryl/α,β-unsaturated/α-hetero) is 1. The summed E-state index contributed by atoms with van der Waals surface area (Å²) in [5, 5.41) is 14.3. The summed E-state index contributed by atoms with van der Waals surface area (Å²) < 4.78 is 15.9. The van der Waals surface area contributed by atoms with E-state index in [1.807, 2.05) is 0 Å². The van der Waals surface area contributed by atoms with Crippen LogP contribution in [0.2, 0.25) is 0 Å². The molecule has 1 rings (SSSR count). The number of primary amides is 1. The molecule has 0 fully saturated rings. The Morgan fingerprint density at radius 2 is 1.55 bits per heavy atom. The van der Waals surface area contributed by atoms with Gasteiger partial charge in [-0.25, -0.2) is 9.59 Å². The molecule has 0 heterocycles. The van der Waals surface area contributed by atoms with Crippen molar-refractivity contribution in [2.45, 2.75) is 142 Å². The van der Waals surface area contributed by atoms with Gasteiger partial charge in [0, 0.05) is 19.3 Å². The summed E-state index contributed by atoms with van der Waals surface area (Å²) >= 11 is 0. The number of carbonyl (C=O) groups excluding carboxylic acids is 5. The molecule has 0 aliphatic carbocycles. The summed E-state index contributed by atoms with van der Waals surface area (Å²) in [4.78, 5) is 64.5. The summed E-state index contributed by atoms with van der Waals surface area (Å²) in [5.41, 5.74) is 2.39. The number of carbonyl (C=O) groups is 5. The Labute approximate surface area is 304 Å². The van der Waals surface area contributed by atoms with Crippen LogP contribution in [0.3, 0.4) is 0 Å². The van der Waals surface area contributed by atoms with E-state index in [2.05, 4.69) is 24.1 Å². The SMILES string of the molecule is CC#CCOc1ccc(C[C@H](NC(=O)[C@@H](C=CCCCCCCC(=O)CCCCCCC)[C@@](O)(CC(N)=O)C(=O)OC(C)(C)C)C(=O)OC)cc1. The second-order valence-electron chi connectivity index (χ2n) is 13.8. The molecule has 4 N–H and O–H groups in total. The van der Waals surface area contributed by atoms with Gasteiger partial charge in [-0.05, 0) is 71.1 Å². The van der Waals surface area contributed by atoms with Crippen LogP contribution >= 0.6 is 0 Å². The van der Waals surface area contributed by atoms with Crippen molar-refractivity contribution in [1.29, 1.82) is 0 Å². The number of nitrogens with two attached hydrogens (primary N) is 1. The molecule has 0 unspecified atom stereocenters. The van der Waals surface area contributed by atoms with Crippen molar-refractivity contribution >= 4 is 29.5 Å². The maximum Gasteiger partial charge on any atom is 0.340 e. The standard InChI is InChI=1S/C40H60N2O9/c1-7-9-11-14-17-20-31(43)21-18-15-12-13-16-19-22-33(40(48,29-35(41)44)38(47)51-39(3,4)5)36(45)42-34(37(46)49-6)28-30-23-25-32(26-24-30)50-27-10-8-2/h19,22-26,33-34,48H,7,9,11-18,20-21,27-29H2,1-6H3,(H2,41,44)(H,42,45)/t33-,34+,40+/m1/s1. The monoisotopic (exact) mass is 712 g/mol. The fourth-order valence-electron chi connectivity index (χ4n) is 5.37. The third-order valence-electron chi connectivity index (χ3n) is 8.11. The molecular weight excluding hydrogens is 652 g/mol. The zero-order valence-corrected chi connectivity index (χ0v) is 31.5. The molecule has 1 aromatic carbocycles. The molecule has 0 aliphatic heterocycles. The lowest BCUT2D eigenvalue weighted by molar-refractivity contribution is -0.185.